The average Bonchev–Trinajstić information content (AvgIpc) is 2.94. The minimum atomic E-state index is -0.143. The van der Waals surface area contributed by atoms with Crippen molar-refractivity contribution in [2.45, 2.75) is 110 Å². The predicted molar refractivity (Wildman–Crippen MR) is 169 cm³/mol. The molecule has 0 aliphatic heterocycles. The van der Waals surface area contributed by atoms with E-state index in [1.165, 1.54) is 88.2 Å². The summed E-state index contributed by atoms with van der Waals surface area (Å²) in [7, 11) is 4.33. The molecule has 0 saturated heterocycles. The van der Waals surface area contributed by atoms with Crippen LogP contribution < -0.4 is 4.74 Å². The van der Waals surface area contributed by atoms with E-state index in [-0.39, 0.29) is 11.9 Å². The van der Waals surface area contributed by atoms with Crippen LogP contribution in [0.5, 0.6) is 5.75 Å². The summed E-state index contributed by atoms with van der Waals surface area (Å²) in [5, 5.41) is 0. The van der Waals surface area contributed by atoms with Gasteiger partial charge in [-0.15, -0.1) is 0 Å². The number of esters is 1. The largest absolute Gasteiger partial charge is 0.493 e. The van der Waals surface area contributed by atoms with Gasteiger partial charge in [0.25, 0.3) is 0 Å². The van der Waals surface area contributed by atoms with Crippen LogP contribution in [0.3, 0.4) is 0 Å². The molecular weight excluding hydrogens is 494 g/mol. The molecule has 0 N–H and O–H groups in total. The Morgan fingerprint density at radius 3 is 1.95 bits per heavy atom. The molecule has 2 aromatic carbocycles. The summed E-state index contributed by atoms with van der Waals surface area (Å²) >= 11 is 0. The third-order valence-corrected chi connectivity index (χ3v) is 7.69. The molecule has 1 atom stereocenters. The van der Waals surface area contributed by atoms with Gasteiger partial charge in [-0.25, -0.2) is 0 Å². The Kier molecular flexibility index (Phi) is 17.4. The van der Waals surface area contributed by atoms with Crippen LogP contribution in [0.25, 0.3) is 0 Å². The monoisotopic (exact) mass is 552 g/mol. The second-order valence-corrected chi connectivity index (χ2v) is 12.3. The zero-order chi connectivity index (χ0) is 28.9. The highest BCUT2D eigenvalue weighted by Gasteiger charge is 2.25. The molecule has 0 aliphatic carbocycles. The first-order valence-corrected chi connectivity index (χ1v) is 16.1. The van der Waals surface area contributed by atoms with E-state index in [1.54, 1.807) is 0 Å². The quantitative estimate of drug-likeness (QED) is 0.0783. The van der Waals surface area contributed by atoms with Crippen molar-refractivity contribution in [3.8, 4) is 5.75 Å². The number of quaternary nitrogens is 1. The number of nitrogens with zero attached hydrogens (tertiary/aromatic N) is 1. The lowest BCUT2D eigenvalue weighted by Crippen LogP contribution is -2.44. The van der Waals surface area contributed by atoms with E-state index in [9.17, 15) is 4.79 Å². The normalized spacial score (nSPS) is 12.3. The van der Waals surface area contributed by atoms with Crippen molar-refractivity contribution in [3.63, 3.8) is 0 Å². The summed E-state index contributed by atoms with van der Waals surface area (Å²) in [5.74, 6) is 0.716. The smallest absolute Gasteiger partial charge is 0.314 e. The summed E-state index contributed by atoms with van der Waals surface area (Å²) in [5.41, 5.74) is 2.57. The Balaban J connectivity index is 1.55. The molecule has 0 amide bonds. The number of aryl methyl sites for hydroxylation is 1. The van der Waals surface area contributed by atoms with E-state index >= 15 is 0 Å². The Bertz CT molecular complexity index is 911. The summed E-state index contributed by atoms with van der Waals surface area (Å²) < 4.78 is 12.4. The molecule has 0 saturated carbocycles. The fraction of sp³-hybridized carbons (Fsp3) is 0.639. The average molecular weight is 553 g/mol. The van der Waals surface area contributed by atoms with Gasteiger partial charge in [0.2, 0.25) is 0 Å². The second kappa shape index (κ2) is 20.5. The lowest BCUT2D eigenvalue weighted by molar-refractivity contribution is -0.905. The summed E-state index contributed by atoms with van der Waals surface area (Å²) in [6.45, 7) is 6.85. The highest BCUT2D eigenvalue weighted by Crippen LogP contribution is 2.21. The first kappa shape index (κ1) is 33.9. The van der Waals surface area contributed by atoms with E-state index in [4.69, 9.17) is 9.47 Å². The SMILES string of the molecule is CCCCCCCCCCCCCCc1ccccc1OCCCOC(=O)C(C)C[N+](C)(C)Cc1ccccc1. The van der Waals surface area contributed by atoms with Crippen molar-refractivity contribution in [2.75, 3.05) is 33.9 Å². The maximum absolute atomic E-state index is 12.6. The summed E-state index contributed by atoms with van der Waals surface area (Å²) in [6, 6.07) is 18.8. The van der Waals surface area contributed by atoms with Gasteiger partial charge in [-0.2, -0.15) is 0 Å². The van der Waals surface area contributed by atoms with Gasteiger partial charge in [-0.1, -0.05) is 126 Å². The Morgan fingerprint density at radius 2 is 1.30 bits per heavy atom. The van der Waals surface area contributed by atoms with Gasteiger partial charge >= 0.3 is 5.97 Å². The first-order chi connectivity index (χ1) is 19.4. The molecule has 224 valence electrons. The number of benzene rings is 2. The molecule has 0 bridgehead atoms. The lowest BCUT2D eigenvalue weighted by atomic mass is 10.0. The van der Waals surface area contributed by atoms with Gasteiger partial charge in [0.15, 0.2) is 0 Å². The Labute approximate surface area is 246 Å². The molecule has 0 fully saturated rings. The van der Waals surface area contributed by atoms with Gasteiger partial charge in [-0.3, -0.25) is 4.79 Å². The van der Waals surface area contributed by atoms with Crippen LogP contribution in [0.2, 0.25) is 0 Å². The van der Waals surface area contributed by atoms with Gasteiger partial charge < -0.3 is 14.0 Å². The fourth-order valence-corrected chi connectivity index (χ4v) is 5.52. The number of hydrogen-bond acceptors (Lipinski definition) is 3. The van der Waals surface area contributed by atoms with Crippen LogP contribution in [0.15, 0.2) is 54.6 Å². The maximum atomic E-state index is 12.6. The Hall–Kier alpha value is -2.33. The van der Waals surface area contributed by atoms with Crippen molar-refractivity contribution in [3.05, 3.63) is 65.7 Å². The van der Waals surface area contributed by atoms with E-state index in [0.29, 0.717) is 19.6 Å². The predicted octanol–water partition coefficient (Wildman–Crippen LogP) is 9.16. The van der Waals surface area contributed by atoms with Gasteiger partial charge in [0.05, 0.1) is 33.9 Å². The number of hydrogen-bond donors (Lipinski definition) is 0. The zero-order valence-corrected chi connectivity index (χ0v) is 26.2. The topological polar surface area (TPSA) is 35.5 Å². The number of carbonyl (C=O) groups excluding carboxylic acids is 1. The molecule has 0 aliphatic rings. The molecule has 4 nitrogen and oxygen atoms in total. The van der Waals surface area contributed by atoms with E-state index < -0.39 is 0 Å². The van der Waals surface area contributed by atoms with E-state index in [0.717, 1.165) is 29.7 Å². The van der Waals surface area contributed by atoms with Crippen LogP contribution in [0, 0.1) is 5.92 Å². The minimum Gasteiger partial charge on any atom is -0.493 e. The number of rotatable bonds is 23. The van der Waals surface area contributed by atoms with Crippen molar-refractivity contribution >= 4 is 5.97 Å². The Morgan fingerprint density at radius 1 is 0.725 bits per heavy atom. The van der Waals surface area contributed by atoms with Gasteiger partial charge in [0, 0.05) is 12.0 Å². The summed E-state index contributed by atoms with van der Waals surface area (Å²) in [4.78, 5) is 12.6. The summed E-state index contributed by atoms with van der Waals surface area (Å²) in [6.07, 6.45) is 18.2. The van der Waals surface area contributed by atoms with Crippen LogP contribution in [-0.2, 0) is 22.5 Å². The van der Waals surface area contributed by atoms with Crippen LogP contribution in [0.4, 0.5) is 0 Å². The van der Waals surface area contributed by atoms with Gasteiger partial charge in [0.1, 0.15) is 18.2 Å². The molecule has 0 heterocycles. The van der Waals surface area contributed by atoms with Crippen molar-refractivity contribution in [1.29, 1.82) is 0 Å². The number of ether oxygens (including phenoxy) is 2. The second-order valence-electron chi connectivity index (χ2n) is 12.3. The molecule has 2 aromatic rings. The number of carbonyl (C=O) groups is 1. The fourth-order valence-electron chi connectivity index (χ4n) is 5.52. The molecule has 1 unspecified atom stereocenters. The van der Waals surface area contributed by atoms with Crippen LogP contribution >= 0.6 is 0 Å². The molecule has 40 heavy (non-hydrogen) atoms. The number of para-hydroxylation sites is 1. The van der Waals surface area contributed by atoms with Crippen molar-refractivity contribution in [2.24, 2.45) is 5.92 Å². The van der Waals surface area contributed by atoms with E-state index in [1.807, 2.05) is 19.1 Å². The lowest BCUT2D eigenvalue weighted by Gasteiger charge is -2.31. The molecule has 0 radical (unpaired) electrons. The van der Waals surface area contributed by atoms with E-state index in [2.05, 4.69) is 63.5 Å². The maximum Gasteiger partial charge on any atom is 0.314 e. The third kappa shape index (κ3) is 15.5. The highest BCUT2D eigenvalue weighted by atomic mass is 16.5. The van der Waals surface area contributed by atoms with Gasteiger partial charge in [-0.05, 0) is 31.4 Å². The zero-order valence-electron chi connectivity index (χ0n) is 26.2. The molecular formula is C36H58NO3+. The number of unbranched alkanes of at least 4 members (excludes halogenated alkanes) is 11. The molecule has 2 rings (SSSR count). The molecule has 0 aromatic heterocycles. The first-order valence-electron chi connectivity index (χ1n) is 16.1. The third-order valence-electron chi connectivity index (χ3n) is 7.69. The minimum absolute atomic E-state index is 0.119. The van der Waals surface area contributed by atoms with Crippen molar-refractivity contribution < 1.29 is 18.8 Å². The van der Waals surface area contributed by atoms with Crippen LogP contribution in [-0.4, -0.2) is 44.3 Å². The highest BCUT2D eigenvalue weighted by molar-refractivity contribution is 5.72. The molecule has 0 spiro atoms. The standard InChI is InChI=1S/C36H58NO3/c1-5-6-7-8-9-10-11-12-13-14-15-19-25-34-26-20-21-27-35(34)39-28-22-29-40-36(38)32(2)30-37(3,4)31-33-23-17-16-18-24-33/h16-18,20-21,23-24,26-27,32H,5-15,19,22,25,28-31H2,1-4H3/q+1. The van der Waals surface area contributed by atoms with Crippen LogP contribution in [0.1, 0.15) is 108 Å². The van der Waals surface area contributed by atoms with Crippen molar-refractivity contribution in [1.82, 2.24) is 0 Å². The molecule has 4 heteroatoms.